The molecule has 6 nitrogen and oxygen atoms in total. The highest BCUT2D eigenvalue weighted by Gasteiger charge is 2.16. The van der Waals surface area contributed by atoms with Crippen LogP contribution in [0.1, 0.15) is 16.7 Å². The van der Waals surface area contributed by atoms with Crippen LogP contribution in [0.4, 0.5) is 0 Å². The lowest BCUT2D eigenvalue weighted by molar-refractivity contribution is 1.30. The summed E-state index contributed by atoms with van der Waals surface area (Å²) in [5.41, 5.74) is 10.2. The summed E-state index contributed by atoms with van der Waals surface area (Å²) in [5, 5.41) is 5.71. The highest BCUT2D eigenvalue weighted by molar-refractivity contribution is 6.20. The molecule has 0 unspecified atom stereocenters. The zero-order valence-corrected chi connectivity index (χ0v) is 30.1. The number of rotatable bonds is 6. The van der Waals surface area contributed by atoms with Crippen LogP contribution in [0.3, 0.4) is 0 Å². The number of amidine groups is 2. The van der Waals surface area contributed by atoms with E-state index in [0.717, 1.165) is 55.4 Å². The van der Waals surface area contributed by atoms with Gasteiger partial charge >= 0.3 is 0 Å². The number of nitrogens with zero attached hydrogens (tertiary/aromatic N) is 6. The summed E-state index contributed by atoms with van der Waals surface area (Å²) >= 11 is 0. The number of aromatic nitrogens is 3. The van der Waals surface area contributed by atoms with Crippen molar-refractivity contribution in [3.05, 3.63) is 199 Å². The topological polar surface area (TPSA) is 75.8 Å². The minimum atomic E-state index is 0.552. The van der Waals surface area contributed by atoms with E-state index >= 15 is 0 Å². The largest absolute Gasteiger partial charge is 0.270 e. The smallest absolute Gasteiger partial charge is 0.162 e. The molecule has 55 heavy (non-hydrogen) atoms. The number of fused-ring (bicyclic) bond motifs is 4. The first-order valence-corrected chi connectivity index (χ1v) is 18.1. The third-order valence-corrected chi connectivity index (χ3v) is 9.84. The van der Waals surface area contributed by atoms with Crippen LogP contribution in [0, 0.1) is 0 Å². The maximum atomic E-state index is 5.21. The lowest BCUT2D eigenvalue weighted by Gasteiger charge is -2.14. The minimum absolute atomic E-state index is 0.552. The summed E-state index contributed by atoms with van der Waals surface area (Å²) in [6, 6.07) is 54.7. The number of aliphatic imine (C=N–C) groups is 3. The first-order chi connectivity index (χ1) is 27.2. The van der Waals surface area contributed by atoms with E-state index in [-0.39, 0.29) is 0 Å². The Morgan fingerprint density at radius 2 is 1.18 bits per heavy atom. The summed E-state index contributed by atoms with van der Waals surface area (Å²) in [5.74, 6) is 1.12. The summed E-state index contributed by atoms with van der Waals surface area (Å²) in [6.07, 6.45) is 8.80. The molecule has 260 valence electrons. The summed E-state index contributed by atoms with van der Waals surface area (Å²) in [4.78, 5) is 28.0. The molecule has 9 rings (SSSR count). The van der Waals surface area contributed by atoms with Crippen molar-refractivity contribution in [1.29, 1.82) is 0 Å². The Hall–Kier alpha value is -7.44. The molecule has 6 aromatic carbocycles. The zero-order chi connectivity index (χ0) is 37.0. The van der Waals surface area contributed by atoms with Crippen molar-refractivity contribution in [2.24, 2.45) is 15.0 Å². The zero-order valence-electron chi connectivity index (χ0n) is 30.1. The first-order valence-electron chi connectivity index (χ1n) is 18.1. The molecule has 0 spiro atoms. The van der Waals surface area contributed by atoms with Crippen LogP contribution in [-0.2, 0) is 0 Å². The van der Waals surface area contributed by atoms with E-state index in [1.54, 1.807) is 31.8 Å². The fourth-order valence-electron chi connectivity index (χ4n) is 7.16. The summed E-state index contributed by atoms with van der Waals surface area (Å²) in [6.45, 7) is 0. The Kier molecular flexibility index (Phi) is 9.04. The van der Waals surface area contributed by atoms with Crippen molar-refractivity contribution in [2.45, 2.75) is 0 Å². The minimum Gasteiger partial charge on any atom is -0.270 e. The molecule has 9 aromatic rings. The fourth-order valence-corrected chi connectivity index (χ4v) is 7.16. The van der Waals surface area contributed by atoms with Gasteiger partial charge in [0.05, 0.1) is 11.2 Å². The van der Waals surface area contributed by atoms with Crippen LogP contribution in [-0.4, -0.2) is 39.9 Å². The maximum absolute atomic E-state index is 5.21. The standard InChI is InChI=1S/C49H34N6/c1-50-48(38-25-29-52-30-26-38)55-49(53-32-33-23-27-51-28-24-33)43-21-20-39(41-13-7-8-14-42(41)43)36-15-17-37(18-16-36)46-31-44(34-9-3-2-4-10-34)47-40-12-6-5-11-35(40)19-22-45(47)54-46/h2-32H,1H3/b50-48-,53-32+,55-49-. The van der Waals surface area contributed by atoms with Crippen molar-refractivity contribution in [2.75, 3.05) is 7.05 Å². The molecule has 3 heterocycles. The molecule has 0 amide bonds. The van der Waals surface area contributed by atoms with Crippen LogP contribution in [0.2, 0.25) is 0 Å². The van der Waals surface area contributed by atoms with Gasteiger partial charge in [0.25, 0.3) is 0 Å². The third-order valence-electron chi connectivity index (χ3n) is 9.84. The molecule has 0 saturated heterocycles. The van der Waals surface area contributed by atoms with Crippen molar-refractivity contribution in [3.63, 3.8) is 0 Å². The lowest BCUT2D eigenvalue weighted by atomic mass is 9.92. The average molecular weight is 707 g/mol. The van der Waals surface area contributed by atoms with Gasteiger partial charge in [-0.25, -0.2) is 15.0 Å². The molecular formula is C49H34N6. The van der Waals surface area contributed by atoms with E-state index in [1.165, 1.54) is 27.3 Å². The quantitative estimate of drug-likeness (QED) is 0.0981. The van der Waals surface area contributed by atoms with Crippen LogP contribution >= 0.6 is 0 Å². The van der Waals surface area contributed by atoms with Crippen LogP contribution in [0.5, 0.6) is 0 Å². The van der Waals surface area contributed by atoms with Gasteiger partial charge in [-0.3, -0.25) is 15.0 Å². The second-order valence-corrected chi connectivity index (χ2v) is 13.1. The van der Waals surface area contributed by atoms with Crippen molar-refractivity contribution >= 4 is 50.3 Å². The van der Waals surface area contributed by atoms with E-state index in [1.807, 2.05) is 30.5 Å². The van der Waals surface area contributed by atoms with Crippen LogP contribution < -0.4 is 0 Å². The third kappa shape index (κ3) is 6.69. The average Bonchev–Trinajstić information content (AvgIpc) is 3.27. The van der Waals surface area contributed by atoms with Gasteiger partial charge in [-0.05, 0) is 91.8 Å². The van der Waals surface area contributed by atoms with Crippen molar-refractivity contribution in [3.8, 4) is 33.5 Å². The van der Waals surface area contributed by atoms with E-state index < -0.39 is 0 Å². The molecule has 0 fully saturated rings. The summed E-state index contributed by atoms with van der Waals surface area (Å²) in [7, 11) is 1.74. The molecule has 0 aliphatic carbocycles. The van der Waals surface area contributed by atoms with E-state index in [2.05, 4.69) is 148 Å². The molecule has 0 aliphatic rings. The molecule has 0 radical (unpaired) electrons. The van der Waals surface area contributed by atoms with Gasteiger partial charge in [0, 0.05) is 60.1 Å². The van der Waals surface area contributed by atoms with Crippen molar-refractivity contribution < 1.29 is 0 Å². The molecule has 0 atom stereocenters. The molecule has 0 N–H and O–H groups in total. The Bertz CT molecular complexity index is 2900. The highest BCUT2D eigenvalue weighted by atomic mass is 15.0. The van der Waals surface area contributed by atoms with Gasteiger partial charge in [-0.2, -0.15) is 0 Å². The second-order valence-electron chi connectivity index (χ2n) is 13.1. The first kappa shape index (κ1) is 33.4. The predicted molar refractivity (Wildman–Crippen MR) is 228 cm³/mol. The number of benzene rings is 6. The lowest BCUT2D eigenvalue weighted by Crippen LogP contribution is -2.07. The van der Waals surface area contributed by atoms with E-state index in [0.29, 0.717) is 11.7 Å². The molecular weight excluding hydrogens is 673 g/mol. The SMILES string of the molecule is C\N=C(/N=C(\N=C\c1ccncc1)c1ccc(-c2ccc(-c3cc(-c4ccccc4)c4c(ccc5ccccc54)n3)cc2)c2ccccc12)c1ccncc1. The van der Waals surface area contributed by atoms with Gasteiger partial charge in [0.2, 0.25) is 0 Å². The molecule has 0 saturated carbocycles. The Labute approximate surface area is 319 Å². The van der Waals surface area contributed by atoms with Gasteiger partial charge in [-0.15, -0.1) is 0 Å². The van der Waals surface area contributed by atoms with E-state index in [4.69, 9.17) is 15.0 Å². The number of hydrogen-bond donors (Lipinski definition) is 0. The molecule has 3 aromatic heterocycles. The molecule has 0 aliphatic heterocycles. The van der Waals surface area contributed by atoms with Crippen molar-refractivity contribution in [1.82, 2.24) is 15.0 Å². The normalized spacial score (nSPS) is 12.2. The van der Waals surface area contributed by atoms with Crippen LogP contribution in [0.15, 0.2) is 197 Å². The monoisotopic (exact) mass is 706 g/mol. The second kappa shape index (κ2) is 14.9. The van der Waals surface area contributed by atoms with Crippen LogP contribution in [0.25, 0.3) is 66.0 Å². The van der Waals surface area contributed by atoms with Gasteiger partial charge in [0.1, 0.15) is 0 Å². The Morgan fingerprint density at radius 1 is 0.527 bits per heavy atom. The van der Waals surface area contributed by atoms with Gasteiger partial charge in [0.15, 0.2) is 11.7 Å². The summed E-state index contributed by atoms with van der Waals surface area (Å²) < 4.78 is 0. The number of hydrogen-bond acceptors (Lipinski definition) is 4. The Balaban J connectivity index is 1.13. The highest BCUT2D eigenvalue weighted by Crippen LogP contribution is 2.38. The fraction of sp³-hybridized carbons (Fsp3) is 0.0204. The van der Waals surface area contributed by atoms with E-state index in [9.17, 15) is 0 Å². The maximum Gasteiger partial charge on any atom is 0.162 e. The molecule has 0 bridgehead atoms. The van der Waals surface area contributed by atoms with Gasteiger partial charge in [-0.1, -0.05) is 115 Å². The predicted octanol–water partition coefficient (Wildman–Crippen LogP) is 11.3. The van der Waals surface area contributed by atoms with Gasteiger partial charge < -0.3 is 0 Å². The Morgan fingerprint density at radius 3 is 1.95 bits per heavy atom. The number of pyridine rings is 3. The molecule has 6 heteroatoms.